The van der Waals surface area contributed by atoms with Crippen molar-refractivity contribution >= 4 is 21.6 Å². The van der Waals surface area contributed by atoms with E-state index >= 15 is 0 Å². The molecule has 102 valence electrons. The Kier molecular flexibility index (Phi) is 4.29. The molecule has 1 aliphatic rings. The summed E-state index contributed by atoms with van der Waals surface area (Å²) in [7, 11) is -1.82. The highest BCUT2D eigenvalue weighted by Crippen LogP contribution is 2.23. The van der Waals surface area contributed by atoms with Gasteiger partial charge in [-0.25, -0.2) is 18.1 Å². The number of alkyl halides is 1. The summed E-state index contributed by atoms with van der Waals surface area (Å²) in [6.45, 7) is 0. The standard InChI is InChI=1S/C11H18ClN3O2S/c1-15-7-11(13-8-15)18(16,17)14-10-6-4-2-3-5-9(10)12/h7-10,14H,2-6H2,1H3. The van der Waals surface area contributed by atoms with E-state index in [1.807, 2.05) is 0 Å². The van der Waals surface area contributed by atoms with Gasteiger partial charge in [0.2, 0.25) is 0 Å². The van der Waals surface area contributed by atoms with Gasteiger partial charge < -0.3 is 4.57 Å². The van der Waals surface area contributed by atoms with Crippen molar-refractivity contribution in [3.63, 3.8) is 0 Å². The lowest BCUT2D eigenvalue weighted by Gasteiger charge is -2.20. The maximum absolute atomic E-state index is 12.1. The maximum Gasteiger partial charge on any atom is 0.259 e. The van der Waals surface area contributed by atoms with Crippen LogP contribution in [0.1, 0.15) is 32.1 Å². The first-order valence-corrected chi connectivity index (χ1v) is 8.05. The van der Waals surface area contributed by atoms with Crippen LogP contribution in [0.5, 0.6) is 0 Å². The van der Waals surface area contributed by atoms with Gasteiger partial charge in [0, 0.05) is 24.7 Å². The lowest BCUT2D eigenvalue weighted by atomic mass is 10.1. The maximum atomic E-state index is 12.1. The summed E-state index contributed by atoms with van der Waals surface area (Å²) in [5.74, 6) is 0. The minimum absolute atomic E-state index is 0.0538. The van der Waals surface area contributed by atoms with Gasteiger partial charge >= 0.3 is 0 Å². The summed E-state index contributed by atoms with van der Waals surface area (Å²) in [5, 5.41) is -0.0795. The quantitative estimate of drug-likeness (QED) is 0.680. The summed E-state index contributed by atoms with van der Waals surface area (Å²) in [5.41, 5.74) is 0. The molecule has 1 saturated carbocycles. The SMILES string of the molecule is Cn1cnc(S(=O)(=O)NC2CCCCCC2Cl)c1. The van der Waals surface area contributed by atoms with E-state index in [0.717, 1.165) is 32.1 Å². The molecule has 0 aliphatic heterocycles. The molecule has 5 nitrogen and oxygen atoms in total. The van der Waals surface area contributed by atoms with Gasteiger partial charge in [0.05, 0.1) is 6.33 Å². The second-order valence-electron chi connectivity index (χ2n) is 4.76. The molecule has 1 aliphatic carbocycles. The molecular formula is C11H18ClN3O2S. The van der Waals surface area contributed by atoms with Crippen LogP contribution < -0.4 is 4.72 Å². The average molecular weight is 292 g/mol. The number of hydrogen-bond donors (Lipinski definition) is 1. The van der Waals surface area contributed by atoms with Crippen molar-refractivity contribution in [1.82, 2.24) is 14.3 Å². The molecule has 1 N–H and O–H groups in total. The van der Waals surface area contributed by atoms with Crippen molar-refractivity contribution in [3.8, 4) is 0 Å². The van der Waals surface area contributed by atoms with Gasteiger partial charge in [0.25, 0.3) is 10.0 Å². The molecule has 2 unspecified atom stereocenters. The molecule has 2 rings (SSSR count). The number of nitrogens with zero attached hydrogens (tertiary/aromatic N) is 2. The van der Waals surface area contributed by atoms with Crippen LogP contribution in [0, 0.1) is 0 Å². The Morgan fingerprint density at radius 1 is 1.39 bits per heavy atom. The van der Waals surface area contributed by atoms with Gasteiger partial charge in [-0.1, -0.05) is 19.3 Å². The molecular weight excluding hydrogens is 274 g/mol. The number of aryl methyl sites for hydroxylation is 1. The molecule has 18 heavy (non-hydrogen) atoms. The molecule has 0 spiro atoms. The van der Waals surface area contributed by atoms with E-state index in [9.17, 15) is 8.42 Å². The lowest BCUT2D eigenvalue weighted by Crippen LogP contribution is -2.40. The second-order valence-corrected chi connectivity index (χ2v) is 6.98. The fourth-order valence-corrected chi connectivity index (χ4v) is 3.89. The molecule has 1 fully saturated rings. The Bertz CT molecular complexity index is 500. The molecule has 0 aromatic carbocycles. The predicted molar refractivity (Wildman–Crippen MR) is 70.0 cm³/mol. The summed E-state index contributed by atoms with van der Waals surface area (Å²) in [6.07, 6.45) is 7.80. The summed E-state index contributed by atoms with van der Waals surface area (Å²) in [6, 6.07) is -0.193. The summed E-state index contributed by atoms with van der Waals surface area (Å²) in [4.78, 5) is 3.87. The van der Waals surface area contributed by atoms with Gasteiger partial charge in [-0.3, -0.25) is 0 Å². The average Bonchev–Trinajstić information content (AvgIpc) is 2.65. The summed E-state index contributed by atoms with van der Waals surface area (Å²) >= 11 is 6.23. The number of aromatic nitrogens is 2. The number of hydrogen-bond acceptors (Lipinski definition) is 3. The minimum atomic E-state index is -3.55. The van der Waals surface area contributed by atoms with Crippen LogP contribution in [0.3, 0.4) is 0 Å². The zero-order chi connectivity index (χ0) is 13.2. The van der Waals surface area contributed by atoms with Gasteiger partial charge in [-0.2, -0.15) is 0 Å². The van der Waals surface area contributed by atoms with Gasteiger partial charge in [0.15, 0.2) is 5.03 Å². The molecule has 1 heterocycles. The number of sulfonamides is 1. The van der Waals surface area contributed by atoms with Crippen molar-refractivity contribution in [2.24, 2.45) is 7.05 Å². The van der Waals surface area contributed by atoms with E-state index in [4.69, 9.17) is 11.6 Å². The first-order valence-electron chi connectivity index (χ1n) is 6.13. The van der Waals surface area contributed by atoms with Crippen LogP contribution in [0.2, 0.25) is 0 Å². The Balaban J connectivity index is 2.11. The minimum Gasteiger partial charge on any atom is -0.339 e. The second kappa shape index (κ2) is 5.59. The fourth-order valence-electron chi connectivity index (χ4n) is 2.18. The third kappa shape index (κ3) is 3.24. The molecule has 2 atom stereocenters. The Labute approximate surface area is 113 Å². The molecule has 0 bridgehead atoms. The van der Waals surface area contributed by atoms with Crippen molar-refractivity contribution in [2.45, 2.75) is 48.5 Å². The van der Waals surface area contributed by atoms with Crippen LogP contribution in [-0.4, -0.2) is 29.4 Å². The Morgan fingerprint density at radius 2 is 2.11 bits per heavy atom. The number of rotatable bonds is 3. The number of nitrogens with one attached hydrogen (secondary N) is 1. The van der Waals surface area contributed by atoms with Crippen LogP contribution in [0.4, 0.5) is 0 Å². The van der Waals surface area contributed by atoms with E-state index in [2.05, 4.69) is 9.71 Å². The zero-order valence-corrected chi connectivity index (χ0v) is 11.9. The lowest BCUT2D eigenvalue weighted by molar-refractivity contribution is 0.512. The third-order valence-electron chi connectivity index (χ3n) is 3.19. The normalized spacial score (nSPS) is 25.9. The molecule has 0 amide bonds. The largest absolute Gasteiger partial charge is 0.339 e. The van der Waals surface area contributed by atoms with E-state index in [1.54, 1.807) is 11.6 Å². The van der Waals surface area contributed by atoms with Crippen molar-refractivity contribution < 1.29 is 8.42 Å². The Hall–Kier alpha value is -0.590. The third-order valence-corrected chi connectivity index (χ3v) is 5.09. The smallest absolute Gasteiger partial charge is 0.259 e. The van der Waals surface area contributed by atoms with Crippen LogP contribution in [0.15, 0.2) is 17.6 Å². The van der Waals surface area contributed by atoms with E-state index in [0.29, 0.717) is 0 Å². The zero-order valence-electron chi connectivity index (χ0n) is 10.3. The summed E-state index contributed by atoms with van der Waals surface area (Å²) < 4.78 is 28.5. The molecule has 0 radical (unpaired) electrons. The Morgan fingerprint density at radius 3 is 2.78 bits per heavy atom. The van der Waals surface area contributed by atoms with E-state index in [-0.39, 0.29) is 16.4 Å². The van der Waals surface area contributed by atoms with Gasteiger partial charge in [-0.05, 0) is 12.8 Å². The van der Waals surface area contributed by atoms with E-state index < -0.39 is 10.0 Å². The fraction of sp³-hybridized carbons (Fsp3) is 0.727. The predicted octanol–water partition coefficient (Wildman–Crippen LogP) is 1.64. The van der Waals surface area contributed by atoms with E-state index in [1.165, 1.54) is 12.5 Å². The van der Waals surface area contributed by atoms with Crippen LogP contribution in [0.25, 0.3) is 0 Å². The van der Waals surface area contributed by atoms with Gasteiger partial charge in [-0.15, -0.1) is 11.6 Å². The molecule has 1 aromatic rings. The van der Waals surface area contributed by atoms with Crippen LogP contribution in [-0.2, 0) is 17.1 Å². The first-order chi connectivity index (χ1) is 8.49. The van der Waals surface area contributed by atoms with Gasteiger partial charge in [0.1, 0.15) is 0 Å². The number of imidazole rings is 1. The first kappa shape index (κ1) is 13.8. The number of halogens is 1. The topological polar surface area (TPSA) is 64.0 Å². The van der Waals surface area contributed by atoms with Crippen molar-refractivity contribution in [3.05, 3.63) is 12.5 Å². The van der Waals surface area contributed by atoms with Crippen LogP contribution >= 0.6 is 11.6 Å². The highest BCUT2D eigenvalue weighted by atomic mass is 35.5. The molecule has 1 aromatic heterocycles. The molecule has 0 saturated heterocycles. The monoisotopic (exact) mass is 291 g/mol. The highest BCUT2D eigenvalue weighted by molar-refractivity contribution is 7.89. The van der Waals surface area contributed by atoms with Crippen molar-refractivity contribution in [1.29, 1.82) is 0 Å². The highest BCUT2D eigenvalue weighted by Gasteiger charge is 2.28. The molecule has 7 heteroatoms. The van der Waals surface area contributed by atoms with Crippen molar-refractivity contribution in [2.75, 3.05) is 0 Å².